The predicted molar refractivity (Wildman–Crippen MR) is 68.5 cm³/mol. The molecule has 0 radical (unpaired) electrons. The molecule has 0 unspecified atom stereocenters. The molecule has 0 nitrogen and oxygen atoms in total. The second-order valence-corrected chi connectivity index (χ2v) is 8.89. The molecule has 0 N–H and O–H groups in total. The Morgan fingerprint density at radius 2 is 1.12 bits per heavy atom. The molecule has 0 rings (SSSR count). The lowest BCUT2D eigenvalue weighted by Gasteiger charge is -2.23. The minimum Gasteiger partial charge on any atom is -0.418 e. The van der Waals surface area contributed by atoms with Crippen LogP contribution >= 0.6 is 7.26 Å². The van der Waals surface area contributed by atoms with Gasteiger partial charge in [0, 0.05) is 7.26 Å². The summed E-state index contributed by atoms with van der Waals surface area (Å²) >= 11 is 0. The van der Waals surface area contributed by atoms with Crippen LogP contribution < -0.4 is 0 Å². The fraction of sp³-hybridized carbons (Fsp3) is 1.00. The third-order valence-electron chi connectivity index (χ3n) is 3.00. The maximum atomic E-state index is 9.75. The number of hydrogen-bond acceptors (Lipinski definition) is 0. The third-order valence-corrected chi connectivity index (χ3v) is 8.29. The van der Waals surface area contributed by atoms with Crippen molar-refractivity contribution >= 4 is 14.5 Å². The van der Waals surface area contributed by atoms with Crippen molar-refractivity contribution in [3.05, 3.63) is 0 Å². The first kappa shape index (κ1) is 18.6. The highest BCUT2D eigenvalue weighted by Crippen LogP contribution is 2.58. The molecule has 0 aromatic rings. The van der Waals surface area contributed by atoms with Crippen LogP contribution in [0.2, 0.25) is 0 Å². The van der Waals surface area contributed by atoms with E-state index in [9.17, 15) is 17.3 Å². The molecule has 0 spiro atoms. The molecular formula is C10H24BF4P. The fourth-order valence-corrected chi connectivity index (χ4v) is 4.92. The van der Waals surface area contributed by atoms with E-state index in [4.69, 9.17) is 0 Å². The topological polar surface area (TPSA) is 0 Å². The van der Waals surface area contributed by atoms with Gasteiger partial charge in [0.1, 0.15) is 0 Å². The van der Waals surface area contributed by atoms with E-state index in [-0.39, 0.29) is 0 Å². The van der Waals surface area contributed by atoms with E-state index in [1.54, 1.807) is 6.16 Å². The van der Waals surface area contributed by atoms with Gasteiger partial charge < -0.3 is 17.3 Å². The molecule has 0 saturated heterocycles. The van der Waals surface area contributed by atoms with Crippen LogP contribution in [-0.2, 0) is 0 Å². The van der Waals surface area contributed by atoms with E-state index in [0.29, 0.717) is 0 Å². The van der Waals surface area contributed by atoms with Crippen molar-refractivity contribution in [1.29, 1.82) is 0 Å². The first-order valence-corrected chi connectivity index (χ1v) is 8.50. The molecule has 0 bridgehead atoms. The van der Waals surface area contributed by atoms with E-state index < -0.39 is 14.5 Å². The number of halogens is 4. The minimum atomic E-state index is -6.00. The standard InChI is InChI=1S/C10H24P.BF4/c1-5-9-10-11(6-2,7-3)8-4;2-1(3,4)5/h5-10H2,1-4H3;/q+1;-1. The summed E-state index contributed by atoms with van der Waals surface area (Å²) in [7, 11) is -6.46. The lowest BCUT2D eigenvalue weighted by atomic mass is 10.3. The van der Waals surface area contributed by atoms with Crippen LogP contribution in [-0.4, -0.2) is 31.9 Å². The first-order chi connectivity index (χ1) is 7.24. The van der Waals surface area contributed by atoms with Gasteiger partial charge in [-0.25, -0.2) is 0 Å². The van der Waals surface area contributed by atoms with Crippen LogP contribution in [0, 0.1) is 0 Å². The Morgan fingerprint density at radius 1 is 0.812 bits per heavy atom. The Morgan fingerprint density at radius 3 is 1.31 bits per heavy atom. The zero-order valence-electron chi connectivity index (χ0n) is 10.8. The second kappa shape index (κ2) is 9.27. The summed E-state index contributed by atoms with van der Waals surface area (Å²) in [5.74, 6) is 0. The summed E-state index contributed by atoms with van der Waals surface area (Å²) in [6, 6.07) is 0. The van der Waals surface area contributed by atoms with Gasteiger partial charge >= 0.3 is 7.25 Å². The van der Waals surface area contributed by atoms with E-state index in [1.807, 2.05) is 0 Å². The van der Waals surface area contributed by atoms with Crippen molar-refractivity contribution in [1.82, 2.24) is 0 Å². The van der Waals surface area contributed by atoms with E-state index in [0.717, 1.165) is 0 Å². The quantitative estimate of drug-likeness (QED) is 0.352. The van der Waals surface area contributed by atoms with Gasteiger partial charge in [0.15, 0.2) is 0 Å². The number of unbranched alkanes of at least 4 members (excludes halogenated alkanes) is 1. The number of rotatable bonds is 6. The van der Waals surface area contributed by atoms with Crippen LogP contribution in [0.4, 0.5) is 17.3 Å². The zero-order chi connectivity index (χ0) is 13.2. The van der Waals surface area contributed by atoms with Gasteiger partial charge in [-0.2, -0.15) is 0 Å². The molecule has 0 aliphatic heterocycles. The highest BCUT2D eigenvalue weighted by Gasteiger charge is 2.29. The zero-order valence-corrected chi connectivity index (χ0v) is 11.7. The summed E-state index contributed by atoms with van der Waals surface area (Å²) in [5.41, 5.74) is 0. The van der Waals surface area contributed by atoms with Crippen molar-refractivity contribution in [2.45, 2.75) is 40.5 Å². The Balaban J connectivity index is 0. The molecule has 0 atom stereocenters. The largest absolute Gasteiger partial charge is 0.673 e. The third kappa shape index (κ3) is 12.3. The highest BCUT2D eigenvalue weighted by molar-refractivity contribution is 7.75. The predicted octanol–water partition coefficient (Wildman–Crippen LogP) is 5.16. The molecule has 0 fully saturated rings. The summed E-state index contributed by atoms with van der Waals surface area (Å²) < 4.78 is 39.0. The normalized spacial score (nSPS) is 12.0. The van der Waals surface area contributed by atoms with Gasteiger partial charge in [0.05, 0.1) is 24.6 Å². The van der Waals surface area contributed by atoms with Crippen LogP contribution in [0.15, 0.2) is 0 Å². The van der Waals surface area contributed by atoms with Crippen LogP contribution in [0.3, 0.4) is 0 Å². The maximum Gasteiger partial charge on any atom is 0.673 e. The fourth-order valence-electron chi connectivity index (χ4n) is 1.64. The maximum absolute atomic E-state index is 9.75. The molecule has 0 aromatic carbocycles. The minimum absolute atomic E-state index is 0.455. The van der Waals surface area contributed by atoms with Crippen LogP contribution in [0.25, 0.3) is 0 Å². The molecule has 0 aromatic heterocycles. The van der Waals surface area contributed by atoms with Crippen LogP contribution in [0.1, 0.15) is 40.5 Å². The monoisotopic (exact) mass is 262 g/mol. The molecule has 0 aliphatic carbocycles. The number of hydrogen-bond donors (Lipinski definition) is 0. The van der Waals surface area contributed by atoms with Crippen LogP contribution in [0.5, 0.6) is 0 Å². The van der Waals surface area contributed by atoms with Crippen molar-refractivity contribution < 1.29 is 17.3 Å². The first-order valence-electron chi connectivity index (χ1n) is 5.97. The summed E-state index contributed by atoms with van der Waals surface area (Å²) in [5, 5.41) is 0. The lowest BCUT2D eigenvalue weighted by molar-refractivity contribution is 0.368. The molecule has 6 heteroatoms. The molecule has 0 amide bonds. The lowest BCUT2D eigenvalue weighted by Crippen LogP contribution is -2.06. The second-order valence-electron chi connectivity index (χ2n) is 3.86. The average molecular weight is 262 g/mol. The van der Waals surface area contributed by atoms with Crippen molar-refractivity contribution in [3.63, 3.8) is 0 Å². The Labute approximate surface area is 97.6 Å². The van der Waals surface area contributed by atoms with Gasteiger partial charge in [-0.05, 0) is 27.2 Å². The van der Waals surface area contributed by atoms with Crippen molar-refractivity contribution in [2.75, 3.05) is 24.6 Å². The Bertz CT molecular complexity index is 143. The Kier molecular flexibility index (Phi) is 10.8. The summed E-state index contributed by atoms with van der Waals surface area (Å²) in [6.07, 6.45) is 8.80. The van der Waals surface area contributed by atoms with Gasteiger partial charge in [-0.1, -0.05) is 13.3 Å². The van der Waals surface area contributed by atoms with Gasteiger partial charge in [-0.3, -0.25) is 0 Å². The molecule has 0 heterocycles. The van der Waals surface area contributed by atoms with Gasteiger partial charge in [0.2, 0.25) is 0 Å². The summed E-state index contributed by atoms with van der Waals surface area (Å²) in [4.78, 5) is 0. The van der Waals surface area contributed by atoms with E-state index in [2.05, 4.69) is 27.7 Å². The smallest absolute Gasteiger partial charge is 0.418 e. The molecule has 16 heavy (non-hydrogen) atoms. The van der Waals surface area contributed by atoms with Crippen molar-refractivity contribution in [3.8, 4) is 0 Å². The molecule has 100 valence electrons. The van der Waals surface area contributed by atoms with E-state index >= 15 is 0 Å². The van der Waals surface area contributed by atoms with E-state index in [1.165, 1.54) is 31.3 Å². The van der Waals surface area contributed by atoms with Crippen molar-refractivity contribution in [2.24, 2.45) is 0 Å². The molecule has 0 saturated carbocycles. The molecule has 0 aliphatic rings. The highest BCUT2D eigenvalue weighted by atomic mass is 31.2. The van der Waals surface area contributed by atoms with Gasteiger partial charge in [-0.15, -0.1) is 0 Å². The summed E-state index contributed by atoms with van der Waals surface area (Å²) in [6.45, 7) is 9.46. The van der Waals surface area contributed by atoms with Gasteiger partial charge in [0.25, 0.3) is 0 Å². The average Bonchev–Trinajstić information content (AvgIpc) is 2.19. The Hall–Kier alpha value is 0.215. The molecular weight excluding hydrogens is 238 g/mol. The SMILES string of the molecule is CCCC[P+](CC)(CC)CC.F[B-](F)(F)F.